The van der Waals surface area contributed by atoms with Crippen LogP contribution in [-0.4, -0.2) is 26.4 Å². The fraction of sp³-hybridized carbons (Fsp3) is 0.600. The average molecular weight is 251 g/mol. The third-order valence-electron chi connectivity index (χ3n) is 3.50. The lowest BCUT2D eigenvalue weighted by Crippen LogP contribution is -2.42. The first kappa shape index (κ1) is 15.0. The van der Waals surface area contributed by atoms with E-state index in [9.17, 15) is 0 Å². The molecule has 2 atom stereocenters. The number of rotatable bonds is 7. The molecule has 1 N–H and O–H groups in total. The monoisotopic (exact) mass is 251 g/mol. The van der Waals surface area contributed by atoms with Gasteiger partial charge in [-0.1, -0.05) is 19.1 Å². The third kappa shape index (κ3) is 3.24. The van der Waals surface area contributed by atoms with E-state index in [1.54, 1.807) is 7.11 Å². The molecule has 0 saturated heterocycles. The summed E-state index contributed by atoms with van der Waals surface area (Å²) < 4.78 is 11.2. The van der Waals surface area contributed by atoms with Crippen LogP contribution in [0.4, 0.5) is 0 Å². The lowest BCUT2D eigenvalue weighted by molar-refractivity contribution is -0.0547. The van der Waals surface area contributed by atoms with Gasteiger partial charge in [-0.25, -0.2) is 0 Å². The van der Waals surface area contributed by atoms with Gasteiger partial charge < -0.3 is 14.8 Å². The van der Waals surface area contributed by atoms with Crippen molar-refractivity contribution in [1.29, 1.82) is 0 Å². The average Bonchev–Trinajstić information content (AvgIpc) is 2.40. The molecule has 3 heteroatoms. The Kier molecular flexibility index (Phi) is 5.63. The van der Waals surface area contributed by atoms with Crippen molar-refractivity contribution in [3.05, 3.63) is 29.8 Å². The predicted molar refractivity (Wildman–Crippen MR) is 75.1 cm³/mol. The summed E-state index contributed by atoms with van der Waals surface area (Å²) in [7, 11) is 3.66. The van der Waals surface area contributed by atoms with Crippen LogP contribution in [0.2, 0.25) is 0 Å². The summed E-state index contributed by atoms with van der Waals surface area (Å²) in [5, 5.41) is 3.37. The van der Waals surface area contributed by atoms with Gasteiger partial charge >= 0.3 is 0 Å². The Hall–Kier alpha value is -1.06. The molecule has 1 aromatic rings. The van der Waals surface area contributed by atoms with Gasteiger partial charge in [-0.05, 0) is 45.0 Å². The van der Waals surface area contributed by atoms with E-state index in [0.29, 0.717) is 6.61 Å². The van der Waals surface area contributed by atoms with E-state index in [4.69, 9.17) is 9.47 Å². The van der Waals surface area contributed by atoms with Crippen molar-refractivity contribution in [2.24, 2.45) is 0 Å². The second kappa shape index (κ2) is 6.76. The normalized spacial score (nSPS) is 16.1. The molecule has 1 rings (SSSR count). The van der Waals surface area contributed by atoms with Crippen LogP contribution < -0.4 is 10.1 Å². The van der Waals surface area contributed by atoms with Gasteiger partial charge in [-0.15, -0.1) is 0 Å². The second-order valence-electron chi connectivity index (χ2n) is 4.60. The zero-order valence-corrected chi connectivity index (χ0v) is 12.1. The highest BCUT2D eigenvalue weighted by atomic mass is 16.5. The van der Waals surface area contributed by atoms with E-state index in [1.807, 2.05) is 26.1 Å². The Balaban J connectivity index is 3.06. The zero-order chi connectivity index (χ0) is 13.6. The van der Waals surface area contributed by atoms with Crippen LogP contribution in [0.1, 0.15) is 38.8 Å². The number of ether oxygens (including phenoxy) is 2. The molecule has 3 nitrogen and oxygen atoms in total. The zero-order valence-electron chi connectivity index (χ0n) is 12.1. The van der Waals surface area contributed by atoms with Crippen molar-refractivity contribution in [2.45, 2.75) is 38.8 Å². The molecule has 0 fully saturated rings. The molecule has 0 aliphatic carbocycles. The van der Waals surface area contributed by atoms with Crippen LogP contribution in [0.3, 0.4) is 0 Å². The Labute approximate surface area is 110 Å². The van der Waals surface area contributed by atoms with Gasteiger partial charge in [0.15, 0.2) is 0 Å². The van der Waals surface area contributed by atoms with Crippen molar-refractivity contribution in [3.63, 3.8) is 0 Å². The molecule has 2 unspecified atom stereocenters. The SMILES string of the molecule is CCOC(C)(CC)C(NC)c1cccc(OC)c1. The molecule has 0 radical (unpaired) electrons. The summed E-state index contributed by atoms with van der Waals surface area (Å²) in [6, 6.07) is 8.29. The lowest BCUT2D eigenvalue weighted by Gasteiger charge is -2.37. The number of methoxy groups -OCH3 is 1. The summed E-state index contributed by atoms with van der Waals surface area (Å²) >= 11 is 0. The topological polar surface area (TPSA) is 30.5 Å². The van der Waals surface area contributed by atoms with Crippen LogP contribution in [-0.2, 0) is 4.74 Å². The van der Waals surface area contributed by atoms with Crippen molar-refractivity contribution >= 4 is 0 Å². The first-order chi connectivity index (χ1) is 8.61. The number of likely N-dealkylation sites (N-methyl/N-ethyl adjacent to an activating group) is 1. The quantitative estimate of drug-likeness (QED) is 0.807. The van der Waals surface area contributed by atoms with Crippen LogP contribution in [0.25, 0.3) is 0 Å². The van der Waals surface area contributed by atoms with E-state index in [-0.39, 0.29) is 11.6 Å². The van der Waals surface area contributed by atoms with E-state index >= 15 is 0 Å². The highest BCUT2D eigenvalue weighted by Crippen LogP contribution is 2.33. The number of benzene rings is 1. The molecule has 1 aromatic carbocycles. The predicted octanol–water partition coefficient (Wildman–Crippen LogP) is 3.16. The van der Waals surface area contributed by atoms with Crippen molar-refractivity contribution in [2.75, 3.05) is 20.8 Å². The van der Waals surface area contributed by atoms with Crippen LogP contribution >= 0.6 is 0 Å². The largest absolute Gasteiger partial charge is 0.497 e. The summed E-state index contributed by atoms with van der Waals surface area (Å²) in [4.78, 5) is 0. The molecule has 0 aromatic heterocycles. The maximum atomic E-state index is 5.96. The summed E-state index contributed by atoms with van der Waals surface area (Å²) in [5.74, 6) is 0.878. The van der Waals surface area contributed by atoms with Gasteiger partial charge in [0.05, 0.1) is 18.8 Å². The van der Waals surface area contributed by atoms with Crippen molar-refractivity contribution < 1.29 is 9.47 Å². The number of nitrogens with one attached hydrogen (secondary N) is 1. The fourth-order valence-corrected chi connectivity index (χ4v) is 2.36. The van der Waals surface area contributed by atoms with E-state index in [0.717, 1.165) is 12.2 Å². The summed E-state index contributed by atoms with van der Waals surface area (Å²) in [6.07, 6.45) is 0.948. The first-order valence-electron chi connectivity index (χ1n) is 6.56. The minimum absolute atomic E-state index is 0.151. The number of hydrogen-bond acceptors (Lipinski definition) is 3. The molecule has 102 valence electrons. The molecule has 0 amide bonds. The smallest absolute Gasteiger partial charge is 0.119 e. The van der Waals surface area contributed by atoms with Gasteiger partial charge in [0.1, 0.15) is 5.75 Å². The first-order valence-corrected chi connectivity index (χ1v) is 6.56. The lowest BCUT2D eigenvalue weighted by atomic mass is 9.87. The van der Waals surface area contributed by atoms with Crippen molar-refractivity contribution in [3.8, 4) is 5.75 Å². The molecular weight excluding hydrogens is 226 g/mol. The highest BCUT2D eigenvalue weighted by Gasteiger charge is 2.33. The number of hydrogen-bond donors (Lipinski definition) is 1. The third-order valence-corrected chi connectivity index (χ3v) is 3.50. The van der Waals surface area contributed by atoms with Gasteiger partial charge in [-0.3, -0.25) is 0 Å². The Morgan fingerprint density at radius 3 is 2.56 bits per heavy atom. The fourth-order valence-electron chi connectivity index (χ4n) is 2.36. The maximum Gasteiger partial charge on any atom is 0.119 e. The second-order valence-corrected chi connectivity index (χ2v) is 4.60. The molecule has 0 heterocycles. The molecule has 0 spiro atoms. The molecular formula is C15H25NO2. The Bertz CT molecular complexity index is 367. The minimum Gasteiger partial charge on any atom is -0.497 e. The molecule has 0 aliphatic rings. The van der Waals surface area contributed by atoms with Gasteiger partial charge in [0, 0.05) is 6.61 Å². The molecule has 18 heavy (non-hydrogen) atoms. The van der Waals surface area contributed by atoms with E-state index in [2.05, 4.69) is 31.3 Å². The molecule has 0 saturated carbocycles. The van der Waals surface area contributed by atoms with Gasteiger partial charge in [0.25, 0.3) is 0 Å². The van der Waals surface area contributed by atoms with E-state index < -0.39 is 0 Å². The van der Waals surface area contributed by atoms with Crippen molar-refractivity contribution in [1.82, 2.24) is 5.32 Å². The van der Waals surface area contributed by atoms with Crippen LogP contribution in [0.5, 0.6) is 5.75 Å². The minimum atomic E-state index is -0.212. The molecule has 0 bridgehead atoms. The Morgan fingerprint density at radius 1 is 1.33 bits per heavy atom. The Morgan fingerprint density at radius 2 is 2.06 bits per heavy atom. The van der Waals surface area contributed by atoms with Crippen LogP contribution in [0, 0.1) is 0 Å². The van der Waals surface area contributed by atoms with E-state index in [1.165, 1.54) is 5.56 Å². The van der Waals surface area contributed by atoms with Gasteiger partial charge in [0.2, 0.25) is 0 Å². The summed E-state index contributed by atoms with van der Waals surface area (Å²) in [6.45, 7) is 7.05. The summed E-state index contributed by atoms with van der Waals surface area (Å²) in [5.41, 5.74) is 0.977. The highest BCUT2D eigenvalue weighted by molar-refractivity contribution is 5.32. The van der Waals surface area contributed by atoms with Gasteiger partial charge in [-0.2, -0.15) is 0 Å². The standard InChI is InChI=1S/C15H25NO2/c1-6-15(3,18-7-2)14(16-4)12-9-8-10-13(11-12)17-5/h8-11,14,16H,6-7H2,1-5H3. The molecule has 0 aliphatic heterocycles. The maximum absolute atomic E-state index is 5.96. The van der Waals surface area contributed by atoms with Crippen LogP contribution in [0.15, 0.2) is 24.3 Å².